The SMILES string of the molecule is Cc1cc(N2CCC(NC(C)C)C2=O)cc(C)c1Br. The van der Waals surface area contributed by atoms with E-state index in [1.165, 1.54) is 11.1 Å². The summed E-state index contributed by atoms with van der Waals surface area (Å²) >= 11 is 3.57. The molecule has 1 aliphatic heterocycles. The first kappa shape index (κ1) is 14.5. The maximum Gasteiger partial charge on any atom is 0.244 e. The van der Waals surface area contributed by atoms with E-state index in [4.69, 9.17) is 0 Å². The molecule has 19 heavy (non-hydrogen) atoms. The van der Waals surface area contributed by atoms with Crippen molar-refractivity contribution in [3.8, 4) is 0 Å². The summed E-state index contributed by atoms with van der Waals surface area (Å²) in [7, 11) is 0. The summed E-state index contributed by atoms with van der Waals surface area (Å²) in [6.45, 7) is 9.06. The fourth-order valence-corrected chi connectivity index (χ4v) is 2.80. The molecule has 3 nitrogen and oxygen atoms in total. The summed E-state index contributed by atoms with van der Waals surface area (Å²) in [6, 6.07) is 4.45. The zero-order valence-corrected chi connectivity index (χ0v) is 13.5. The molecule has 1 aromatic rings. The zero-order valence-electron chi connectivity index (χ0n) is 12.0. The Morgan fingerprint density at radius 1 is 1.32 bits per heavy atom. The van der Waals surface area contributed by atoms with Gasteiger partial charge in [-0.05, 0) is 43.5 Å². The molecule has 2 rings (SSSR count). The lowest BCUT2D eigenvalue weighted by Gasteiger charge is -2.20. The third-order valence-corrected chi connectivity index (χ3v) is 4.72. The summed E-state index contributed by atoms with van der Waals surface area (Å²) in [5.41, 5.74) is 3.35. The van der Waals surface area contributed by atoms with Gasteiger partial charge in [0.2, 0.25) is 5.91 Å². The van der Waals surface area contributed by atoms with Crippen molar-refractivity contribution in [3.05, 3.63) is 27.7 Å². The first-order valence-electron chi connectivity index (χ1n) is 6.74. The Morgan fingerprint density at radius 3 is 2.42 bits per heavy atom. The van der Waals surface area contributed by atoms with E-state index in [9.17, 15) is 4.79 Å². The van der Waals surface area contributed by atoms with E-state index >= 15 is 0 Å². The largest absolute Gasteiger partial charge is 0.311 e. The fourth-order valence-electron chi connectivity index (χ4n) is 2.57. The predicted octanol–water partition coefficient (Wildman–Crippen LogP) is 3.17. The van der Waals surface area contributed by atoms with Crippen LogP contribution in [0.2, 0.25) is 0 Å². The third-order valence-electron chi connectivity index (χ3n) is 3.47. The van der Waals surface area contributed by atoms with Crippen molar-refractivity contribution in [1.29, 1.82) is 0 Å². The molecule has 0 spiro atoms. The Hall–Kier alpha value is -0.870. The van der Waals surface area contributed by atoms with Gasteiger partial charge in [0.25, 0.3) is 0 Å². The average Bonchev–Trinajstić information content (AvgIpc) is 2.67. The number of anilines is 1. The van der Waals surface area contributed by atoms with Crippen molar-refractivity contribution < 1.29 is 4.79 Å². The number of hydrogen-bond donors (Lipinski definition) is 1. The van der Waals surface area contributed by atoms with E-state index < -0.39 is 0 Å². The summed E-state index contributed by atoms with van der Waals surface area (Å²) < 4.78 is 1.12. The molecule has 0 bridgehead atoms. The van der Waals surface area contributed by atoms with Gasteiger partial charge in [-0.25, -0.2) is 0 Å². The number of amides is 1. The Labute approximate surface area is 123 Å². The maximum atomic E-state index is 12.4. The van der Waals surface area contributed by atoms with E-state index in [1.807, 2.05) is 4.90 Å². The number of carbonyl (C=O) groups is 1. The Morgan fingerprint density at radius 2 is 1.89 bits per heavy atom. The van der Waals surface area contributed by atoms with Crippen molar-refractivity contribution in [2.75, 3.05) is 11.4 Å². The quantitative estimate of drug-likeness (QED) is 0.926. The molecule has 1 unspecified atom stereocenters. The van der Waals surface area contributed by atoms with Gasteiger partial charge in [0.1, 0.15) is 0 Å². The number of nitrogens with one attached hydrogen (secondary N) is 1. The molecule has 4 heteroatoms. The van der Waals surface area contributed by atoms with E-state index in [1.54, 1.807) is 0 Å². The highest BCUT2D eigenvalue weighted by atomic mass is 79.9. The van der Waals surface area contributed by atoms with Crippen molar-refractivity contribution in [2.45, 2.75) is 46.2 Å². The van der Waals surface area contributed by atoms with Gasteiger partial charge in [0.15, 0.2) is 0 Å². The molecule has 0 aromatic heterocycles. The van der Waals surface area contributed by atoms with E-state index in [-0.39, 0.29) is 11.9 Å². The number of halogens is 1. The van der Waals surface area contributed by atoms with Gasteiger partial charge >= 0.3 is 0 Å². The molecule has 1 heterocycles. The Bertz CT molecular complexity index is 476. The van der Waals surface area contributed by atoms with Crippen LogP contribution in [0.4, 0.5) is 5.69 Å². The molecule has 104 valence electrons. The van der Waals surface area contributed by atoms with Crippen LogP contribution in [0, 0.1) is 13.8 Å². The topological polar surface area (TPSA) is 32.3 Å². The lowest BCUT2D eigenvalue weighted by atomic mass is 10.1. The van der Waals surface area contributed by atoms with Gasteiger partial charge in [0, 0.05) is 22.7 Å². The highest BCUT2D eigenvalue weighted by Gasteiger charge is 2.32. The second-order valence-electron chi connectivity index (χ2n) is 5.55. The monoisotopic (exact) mass is 324 g/mol. The van der Waals surface area contributed by atoms with Gasteiger partial charge < -0.3 is 10.2 Å². The Balaban J connectivity index is 2.22. The van der Waals surface area contributed by atoms with Gasteiger partial charge in [-0.15, -0.1) is 0 Å². The number of rotatable bonds is 3. The van der Waals surface area contributed by atoms with Crippen LogP contribution in [0.5, 0.6) is 0 Å². The molecule has 1 fully saturated rings. The average molecular weight is 325 g/mol. The molecule has 1 aromatic carbocycles. The minimum Gasteiger partial charge on any atom is -0.311 e. The first-order valence-corrected chi connectivity index (χ1v) is 7.53. The molecule has 1 atom stereocenters. The molecule has 1 aliphatic rings. The van der Waals surface area contributed by atoms with E-state index in [0.29, 0.717) is 6.04 Å². The second kappa shape index (κ2) is 5.63. The maximum absolute atomic E-state index is 12.4. The van der Waals surface area contributed by atoms with E-state index in [0.717, 1.165) is 23.1 Å². The van der Waals surface area contributed by atoms with Crippen LogP contribution < -0.4 is 10.2 Å². The standard InChI is InChI=1S/C15H21BrN2O/c1-9(2)17-13-5-6-18(15(13)19)12-7-10(3)14(16)11(4)8-12/h7-9,13,17H,5-6H2,1-4H3. The van der Waals surface area contributed by atoms with Gasteiger partial charge in [0.05, 0.1) is 6.04 Å². The summed E-state index contributed by atoms with van der Waals surface area (Å²) in [5, 5.41) is 3.33. The van der Waals surface area contributed by atoms with Gasteiger partial charge in [-0.2, -0.15) is 0 Å². The molecule has 1 saturated heterocycles. The van der Waals surface area contributed by atoms with Crippen molar-refractivity contribution in [1.82, 2.24) is 5.32 Å². The number of nitrogens with zero attached hydrogens (tertiary/aromatic N) is 1. The highest BCUT2D eigenvalue weighted by molar-refractivity contribution is 9.10. The molecular formula is C15H21BrN2O. The van der Waals surface area contributed by atoms with Crippen molar-refractivity contribution >= 4 is 27.5 Å². The molecule has 0 aliphatic carbocycles. The van der Waals surface area contributed by atoms with Crippen LogP contribution in [0.15, 0.2) is 16.6 Å². The van der Waals surface area contributed by atoms with Crippen LogP contribution in [0.3, 0.4) is 0 Å². The number of hydrogen-bond acceptors (Lipinski definition) is 2. The van der Waals surface area contributed by atoms with Crippen LogP contribution in [-0.4, -0.2) is 24.5 Å². The van der Waals surface area contributed by atoms with Crippen LogP contribution in [0.1, 0.15) is 31.4 Å². The molecule has 1 N–H and O–H groups in total. The van der Waals surface area contributed by atoms with E-state index in [2.05, 4.69) is 61.1 Å². The number of aryl methyl sites for hydroxylation is 2. The summed E-state index contributed by atoms with van der Waals surface area (Å²) in [4.78, 5) is 14.3. The molecular weight excluding hydrogens is 304 g/mol. The zero-order chi connectivity index (χ0) is 14.2. The predicted molar refractivity (Wildman–Crippen MR) is 82.6 cm³/mol. The fraction of sp³-hybridized carbons (Fsp3) is 0.533. The number of benzene rings is 1. The van der Waals surface area contributed by atoms with Crippen molar-refractivity contribution in [3.63, 3.8) is 0 Å². The molecule has 1 amide bonds. The third kappa shape index (κ3) is 3.00. The molecule has 0 saturated carbocycles. The number of carbonyl (C=O) groups excluding carboxylic acids is 1. The molecule has 0 radical (unpaired) electrons. The normalized spacial score (nSPS) is 19.6. The highest BCUT2D eigenvalue weighted by Crippen LogP contribution is 2.29. The summed E-state index contributed by atoms with van der Waals surface area (Å²) in [6.07, 6.45) is 0.880. The minimum atomic E-state index is -0.0377. The summed E-state index contributed by atoms with van der Waals surface area (Å²) in [5.74, 6) is 0.190. The smallest absolute Gasteiger partial charge is 0.244 e. The van der Waals surface area contributed by atoms with Crippen LogP contribution >= 0.6 is 15.9 Å². The minimum absolute atomic E-state index is 0.0377. The van der Waals surface area contributed by atoms with Gasteiger partial charge in [-0.3, -0.25) is 4.79 Å². The lowest BCUT2D eigenvalue weighted by Crippen LogP contribution is -2.41. The first-order chi connectivity index (χ1) is 8.90. The van der Waals surface area contributed by atoms with Crippen LogP contribution in [0.25, 0.3) is 0 Å². The second-order valence-corrected chi connectivity index (χ2v) is 6.34. The van der Waals surface area contributed by atoms with Crippen LogP contribution in [-0.2, 0) is 4.79 Å². The van der Waals surface area contributed by atoms with Crippen molar-refractivity contribution in [2.24, 2.45) is 0 Å². The Kier molecular flexibility index (Phi) is 4.31. The lowest BCUT2D eigenvalue weighted by molar-refractivity contribution is -0.118. The van der Waals surface area contributed by atoms with Gasteiger partial charge in [-0.1, -0.05) is 29.8 Å².